The minimum atomic E-state index is -0.254. The smallest absolute Gasteiger partial charge is 0.268 e. The third kappa shape index (κ3) is 4.63. The summed E-state index contributed by atoms with van der Waals surface area (Å²) in [7, 11) is 0. The van der Waals surface area contributed by atoms with Gasteiger partial charge in [0.1, 0.15) is 5.82 Å². The molecule has 146 valence electrons. The first-order valence-electron chi connectivity index (χ1n) is 9.28. The van der Waals surface area contributed by atoms with Crippen LogP contribution in [0.5, 0.6) is 0 Å². The molecular weight excluding hydrogens is 379 g/mol. The number of aryl methyl sites for hydroxylation is 1. The molecule has 1 aromatic carbocycles. The topological polar surface area (TPSA) is 62.5 Å². The largest absolute Gasteiger partial charge is 0.340 e. The average molecular weight is 400 g/mol. The molecule has 8 heteroatoms. The van der Waals surface area contributed by atoms with Crippen LogP contribution in [0.15, 0.2) is 46.3 Å². The predicted octanol–water partition coefficient (Wildman–Crippen LogP) is 3.21. The van der Waals surface area contributed by atoms with Crippen molar-refractivity contribution < 1.29 is 13.7 Å². The Morgan fingerprint density at radius 3 is 2.64 bits per heavy atom. The summed E-state index contributed by atoms with van der Waals surface area (Å²) in [4.78, 5) is 22.0. The summed E-state index contributed by atoms with van der Waals surface area (Å²) < 4.78 is 18.3. The molecule has 28 heavy (non-hydrogen) atoms. The Balaban J connectivity index is 1.23. The molecule has 0 bridgehead atoms. The summed E-state index contributed by atoms with van der Waals surface area (Å²) in [5.74, 6) is 1.11. The minimum absolute atomic E-state index is 0.142. The Bertz CT molecular complexity index is 903. The van der Waals surface area contributed by atoms with E-state index in [0.717, 1.165) is 23.5 Å². The van der Waals surface area contributed by atoms with Crippen molar-refractivity contribution in [2.45, 2.75) is 19.4 Å². The first-order valence-corrected chi connectivity index (χ1v) is 10.2. The van der Waals surface area contributed by atoms with E-state index in [1.807, 2.05) is 22.4 Å². The number of amides is 1. The Morgan fingerprint density at radius 1 is 1.14 bits per heavy atom. The van der Waals surface area contributed by atoms with Gasteiger partial charge < -0.3 is 9.42 Å². The molecule has 1 fully saturated rings. The van der Waals surface area contributed by atoms with Crippen LogP contribution in [-0.4, -0.2) is 52.0 Å². The van der Waals surface area contributed by atoms with Crippen molar-refractivity contribution in [1.82, 2.24) is 19.9 Å². The van der Waals surface area contributed by atoms with Crippen molar-refractivity contribution in [1.29, 1.82) is 0 Å². The number of nitrogens with zero attached hydrogens (tertiary/aromatic N) is 4. The zero-order chi connectivity index (χ0) is 19.3. The van der Waals surface area contributed by atoms with Gasteiger partial charge in [-0.05, 0) is 35.6 Å². The molecule has 1 saturated heterocycles. The number of hydrogen-bond donors (Lipinski definition) is 0. The average Bonchev–Trinajstić information content (AvgIpc) is 3.40. The van der Waals surface area contributed by atoms with Crippen molar-refractivity contribution in [2.24, 2.45) is 0 Å². The lowest BCUT2D eigenvalue weighted by Crippen LogP contribution is -2.48. The third-order valence-corrected chi connectivity index (χ3v) is 5.69. The van der Waals surface area contributed by atoms with Gasteiger partial charge in [0.25, 0.3) is 5.89 Å². The van der Waals surface area contributed by atoms with Crippen LogP contribution in [-0.2, 0) is 17.8 Å². The molecule has 0 aliphatic carbocycles. The maximum atomic E-state index is 12.9. The Hall–Kier alpha value is -2.58. The van der Waals surface area contributed by atoms with E-state index < -0.39 is 0 Å². The minimum Gasteiger partial charge on any atom is -0.340 e. The zero-order valence-corrected chi connectivity index (χ0v) is 16.2. The standard InChI is InChI=1S/C20H21FN4O2S/c21-16-6-3-15(4-7-16)5-8-19(26)25-11-9-24(10-12-25)14-18-22-20(27-23-18)17-2-1-13-28-17/h1-4,6-7,13H,5,8-12,14H2. The molecule has 3 heterocycles. The van der Waals surface area contributed by atoms with Gasteiger partial charge in [0.05, 0.1) is 11.4 Å². The van der Waals surface area contributed by atoms with Crippen molar-refractivity contribution in [3.8, 4) is 10.8 Å². The first kappa shape index (κ1) is 18.8. The number of benzene rings is 1. The highest BCUT2D eigenvalue weighted by Gasteiger charge is 2.22. The Labute approximate surface area is 166 Å². The van der Waals surface area contributed by atoms with E-state index in [-0.39, 0.29) is 11.7 Å². The summed E-state index contributed by atoms with van der Waals surface area (Å²) >= 11 is 1.57. The number of thiophene rings is 1. The van der Waals surface area contributed by atoms with Crippen LogP contribution >= 0.6 is 11.3 Å². The van der Waals surface area contributed by atoms with Crippen LogP contribution in [0.25, 0.3) is 10.8 Å². The van der Waals surface area contributed by atoms with Gasteiger partial charge in [-0.3, -0.25) is 9.69 Å². The number of halogens is 1. The molecule has 1 aliphatic heterocycles. The molecule has 1 amide bonds. The molecule has 1 aliphatic rings. The number of rotatable bonds is 6. The predicted molar refractivity (Wildman–Crippen MR) is 104 cm³/mol. The van der Waals surface area contributed by atoms with Crippen LogP contribution in [0.3, 0.4) is 0 Å². The highest BCUT2D eigenvalue weighted by molar-refractivity contribution is 7.13. The Morgan fingerprint density at radius 2 is 1.93 bits per heavy atom. The number of carbonyl (C=O) groups is 1. The second-order valence-corrected chi connectivity index (χ2v) is 7.72. The van der Waals surface area contributed by atoms with Crippen LogP contribution in [0, 0.1) is 5.82 Å². The highest BCUT2D eigenvalue weighted by atomic mass is 32.1. The van der Waals surface area contributed by atoms with Crippen LogP contribution in [0.1, 0.15) is 17.8 Å². The molecule has 0 N–H and O–H groups in total. The lowest BCUT2D eigenvalue weighted by molar-refractivity contribution is -0.133. The summed E-state index contributed by atoms with van der Waals surface area (Å²) in [6, 6.07) is 10.2. The molecule has 0 spiro atoms. The van der Waals surface area contributed by atoms with Gasteiger partial charge in [0.2, 0.25) is 5.91 Å². The van der Waals surface area contributed by atoms with Crippen LogP contribution in [0.4, 0.5) is 4.39 Å². The van der Waals surface area contributed by atoms with Crippen LogP contribution in [0.2, 0.25) is 0 Å². The Kier molecular flexibility index (Phi) is 5.78. The molecule has 4 rings (SSSR count). The lowest BCUT2D eigenvalue weighted by Gasteiger charge is -2.34. The van der Waals surface area contributed by atoms with Gasteiger partial charge in [-0.15, -0.1) is 11.3 Å². The molecular formula is C20H21FN4O2S. The first-order chi connectivity index (χ1) is 13.7. The molecule has 3 aromatic rings. The van der Waals surface area contributed by atoms with Crippen molar-refractivity contribution in [3.63, 3.8) is 0 Å². The fourth-order valence-electron chi connectivity index (χ4n) is 3.23. The van der Waals surface area contributed by atoms with Gasteiger partial charge >= 0.3 is 0 Å². The van der Waals surface area contributed by atoms with Crippen molar-refractivity contribution >= 4 is 17.2 Å². The molecule has 0 saturated carbocycles. The van der Waals surface area contributed by atoms with Crippen molar-refractivity contribution in [3.05, 3.63) is 59.0 Å². The van der Waals surface area contributed by atoms with E-state index >= 15 is 0 Å². The molecule has 0 unspecified atom stereocenters. The van der Waals surface area contributed by atoms with Crippen molar-refractivity contribution in [2.75, 3.05) is 26.2 Å². The van der Waals surface area contributed by atoms with Gasteiger partial charge in [-0.2, -0.15) is 4.98 Å². The number of piperazine rings is 1. The fraction of sp³-hybridized carbons (Fsp3) is 0.350. The second kappa shape index (κ2) is 8.62. The quantitative estimate of drug-likeness (QED) is 0.636. The van der Waals surface area contributed by atoms with E-state index in [1.54, 1.807) is 23.5 Å². The van der Waals surface area contributed by atoms with E-state index in [2.05, 4.69) is 15.0 Å². The normalized spacial score (nSPS) is 15.1. The van der Waals surface area contributed by atoms with E-state index in [1.165, 1.54) is 12.1 Å². The molecule has 6 nitrogen and oxygen atoms in total. The van der Waals surface area contributed by atoms with Gasteiger partial charge in [-0.1, -0.05) is 23.4 Å². The maximum Gasteiger partial charge on any atom is 0.268 e. The molecule has 2 aromatic heterocycles. The van der Waals surface area contributed by atoms with E-state index in [4.69, 9.17) is 4.52 Å². The molecule has 0 atom stereocenters. The van der Waals surface area contributed by atoms with Gasteiger partial charge in [-0.25, -0.2) is 4.39 Å². The van der Waals surface area contributed by atoms with Crippen LogP contribution < -0.4 is 0 Å². The maximum absolute atomic E-state index is 12.9. The third-order valence-electron chi connectivity index (χ3n) is 4.83. The summed E-state index contributed by atoms with van der Waals surface area (Å²) in [5.41, 5.74) is 0.979. The zero-order valence-electron chi connectivity index (χ0n) is 15.4. The molecule has 0 radical (unpaired) electrons. The van der Waals surface area contributed by atoms with E-state index in [0.29, 0.717) is 44.2 Å². The SMILES string of the molecule is O=C(CCc1ccc(F)cc1)N1CCN(Cc2noc(-c3cccs3)n2)CC1. The summed E-state index contributed by atoms with van der Waals surface area (Å²) in [6.45, 7) is 3.57. The number of carbonyl (C=O) groups excluding carboxylic acids is 1. The van der Waals surface area contributed by atoms with Gasteiger partial charge in [0.15, 0.2) is 5.82 Å². The fourth-order valence-corrected chi connectivity index (χ4v) is 3.88. The number of hydrogen-bond acceptors (Lipinski definition) is 6. The highest BCUT2D eigenvalue weighted by Crippen LogP contribution is 2.22. The second-order valence-electron chi connectivity index (χ2n) is 6.78. The monoisotopic (exact) mass is 400 g/mol. The number of aromatic nitrogens is 2. The summed E-state index contributed by atoms with van der Waals surface area (Å²) in [5, 5.41) is 6.04. The lowest BCUT2D eigenvalue weighted by atomic mass is 10.1. The van der Waals surface area contributed by atoms with Gasteiger partial charge in [0, 0.05) is 32.6 Å². The summed E-state index contributed by atoms with van der Waals surface area (Å²) in [6.07, 6.45) is 1.08. The van der Waals surface area contributed by atoms with E-state index in [9.17, 15) is 9.18 Å².